The highest BCUT2D eigenvalue weighted by atomic mass is 79.9. The van der Waals surface area contributed by atoms with Gasteiger partial charge in [-0.2, -0.15) is 4.98 Å². The van der Waals surface area contributed by atoms with Gasteiger partial charge in [-0.25, -0.2) is 4.98 Å². The third-order valence-corrected chi connectivity index (χ3v) is 5.06. The van der Waals surface area contributed by atoms with Crippen molar-refractivity contribution in [2.45, 2.75) is 0 Å². The normalized spacial score (nSPS) is 11.2. The largest absolute Gasteiger partial charge is 0.496 e. The first-order valence-corrected chi connectivity index (χ1v) is 10.0. The van der Waals surface area contributed by atoms with Gasteiger partial charge in [0, 0.05) is 27.9 Å². The van der Waals surface area contributed by atoms with Crippen LogP contribution in [0.1, 0.15) is 5.56 Å². The van der Waals surface area contributed by atoms with Crippen molar-refractivity contribution < 1.29 is 13.9 Å². The molecular weight excluding hydrogens is 470 g/mol. The molecule has 0 bridgehead atoms. The first kappa shape index (κ1) is 20.1. The van der Waals surface area contributed by atoms with Crippen molar-refractivity contribution in [2.24, 2.45) is 0 Å². The fraction of sp³-hybridized carbons (Fsp3) is 0.0455. The minimum atomic E-state index is -0.338. The Bertz CT molecular complexity index is 1240. The molecule has 0 spiro atoms. The Balaban J connectivity index is 1.56. The predicted molar refractivity (Wildman–Crippen MR) is 121 cm³/mol. The van der Waals surface area contributed by atoms with Crippen LogP contribution in [0.15, 0.2) is 69.7 Å². The topological polar surface area (TPSA) is 77.2 Å². The summed E-state index contributed by atoms with van der Waals surface area (Å²) >= 11 is 9.68. The van der Waals surface area contributed by atoms with Crippen molar-refractivity contribution in [1.29, 1.82) is 0 Å². The number of carbonyl (C=O) groups is 1. The lowest BCUT2D eigenvalue weighted by molar-refractivity contribution is -0.111. The molecule has 0 aliphatic rings. The minimum Gasteiger partial charge on any atom is -0.496 e. The zero-order valence-electron chi connectivity index (χ0n) is 15.7. The number of hydrogen-bond donors (Lipinski definition) is 1. The predicted octanol–water partition coefficient (Wildman–Crippen LogP) is 5.97. The molecule has 0 saturated carbocycles. The number of oxazole rings is 1. The third-order valence-electron chi connectivity index (χ3n) is 4.24. The number of anilines is 1. The van der Waals surface area contributed by atoms with Crippen LogP contribution in [-0.4, -0.2) is 23.0 Å². The number of benzene rings is 2. The van der Waals surface area contributed by atoms with Gasteiger partial charge >= 0.3 is 0 Å². The maximum Gasteiger partial charge on any atom is 0.248 e. The van der Waals surface area contributed by atoms with Gasteiger partial charge in [0.25, 0.3) is 0 Å². The highest BCUT2D eigenvalue weighted by Crippen LogP contribution is 2.30. The second kappa shape index (κ2) is 8.69. The molecule has 2 aromatic heterocycles. The molecule has 0 atom stereocenters. The van der Waals surface area contributed by atoms with Gasteiger partial charge in [-0.3, -0.25) is 4.79 Å². The smallest absolute Gasteiger partial charge is 0.248 e. The molecule has 4 aromatic rings. The number of halogens is 2. The van der Waals surface area contributed by atoms with Crippen LogP contribution >= 0.6 is 27.5 Å². The first-order valence-electron chi connectivity index (χ1n) is 8.87. The molecule has 0 saturated heterocycles. The second-order valence-electron chi connectivity index (χ2n) is 6.25. The number of ether oxygens (including phenoxy) is 1. The van der Waals surface area contributed by atoms with E-state index in [2.05, 4.69) is 31.2 Å². The van der Waals surface area contributed by atoms with E-state index in [0.29, 0.717) is 39.1 Å². The fourth-order valence-corrected chi connectivity index (χ4v) is 3.37. The Morgan fingerprint density at radius 3 is 2.90 bits per heavy atom. The lowest BCUT2D eigenvalue weighted by Gasteiger charge is -2.07. The van der Waals surface area contributed by atoms with Crippen LogP contribution < -0.4 is 10.1 Å². The summed E-state index contributed by atoms with van der Waals surface area (Å²) in [7, 11) is 1.58. The van der Waals surface area contributed by atoms with Crippen LogP contribution in [0.4, 0.5) is 5.69 Å². The summed E-state index contributed by atoms with van der Waals surface area (Å²) in [6.07, 6.45) is 4.73. The Hall–Kier alpha value is -3.16. The van der Waals surface area contributed by atoms with Crippen LogP contribution in [0.25, 0.3) is 28.8 Å². The number of fused-ring (bicyclic) bond motifs is 1. The average molecular weight is 485 g/mol. The van der Waals surface area contributed by atoms with Crippen molar-refractivity contribution >= 4 is 56.4 Å². The van der Waals surface area contributed by atoms with Crippen LogP contribution in [-0.2, 0) is 4.79 Å². The van der Waals surface area contributed by atoms with E-state index < -0.39 is 0 Å². The molecule has 0 aliphatic heterocycles. The van der Waals surface area contributed by atoms with E-state index in [1.807, 2.05) is 18.2 Å². The van der Waals surface area contributed by atoms with E-state index in [4.69, 9.17) is 20.8 Å². The molecule has 1 N–H and O–H groups in total. The quantitative estimate of drug-likeness (QED) is 0.353. The lowest BCUT2D eigenvalue weighted by Crippen LogP contribution is -2.08. The number of aromatic nitrogens is 2. The number of nitrogens with one attached hydrogen (secondary N) is 1. The lowest BCUT2D eigenvalue weighted by atomic mass is 10.1. The number of rotatable bonds is 5. The Kier molecular flexibility index (Phi) is 5.83. The van der Waals surface area contributed by atoms with E-state index in [1.54, 1.807) is 49.7 Å². The molecule has 6 nitrogen and oxygen atoms in total. The molecule has 30 heavy (non-hydrogen) atoms. The minimum absolute atomic E-state index is 0.338. The van der Waals surface area contributed by atoms with Crippen molar-refractivity contribution in [3.63, 3.8) is 0 Å². The van der Waals surface area contributed by atoms with E-state index in [0.717, 1.165) is 10.0 Å². The van der Waals surface area contributed by atoms with Gasteiger partial charge in [-0.05, 0) is 54.6 Å². The van der Waals surface area contributed by atoms with E-state index in [9.17, 15) is 4.79 Å². The van der Waals surface area contributed by atoms with Crippen molar-refractivity contribution in [2.75, 3.05) is 12.4 Å². The van der Waals surface area contributed by atoms with Gasteiger partial charge in [0.2, 0.25) is 11.8 Å². The summed E-state index contributed by atoms with van der Waals surface area (Å²) in [6.45, 7) is 0. The fourth-order valence-electron chi connectivity index (χ4n) is 2.82. The van der Waals surface area contributed by atoms with Gasteiger partial charge < -0.3 is 14.5 Å². The molecule has 2 heterocycles. The van der Waals surface area contributed by atoms with Crippen LogP contribution in [0.5, 0.6) is 5.75 Å². The Morgan fingerprint density at radius 1 is 1.23 bits per heavy atom. The van der Waals surface area contributed by atoms with E-state index in [-0.39, 0.29) is 5.91 Å². The summed E-state index contributed by atoms with van der Waals surface area (Å²) in [4.78, 5) is 21.0. The molecule has 0 unspecified atom stereocenters. The van der Waals surface area contributed by atoms with Crippen molar-refractivity contribution in [1.82, 2.24) is 9.97 Å². The zero-order valence-corrected chi connectivity index (χ0v) is 18.1. The van der Waals surface area contributed by atoms with E-state index >= 15 is 0 Å². The monoisotopic (exact) mass is 483 g/mol. The summed E-state index contributed by atoms with van der Waals surface area (Å²) < 4.78 is 11.9. The molecular formula is C22H15BrClN3O3. The Morgan fingerprint density at radius 2 is 2.10 bits per heavy atom. The average Bonchev–Trinajstić information content (AvgIpc) is 3.18. The van der Waals surface area contributed by atoms with Crippen LogP contribution in [0, 0.1) is 0 Å². The van der Waals surface area contributed by atoms with Gasteiger partial charge in [0.05, 0.1) is 17.8 Å². The molecule has 150 valence electrons. The number of carbonyl (C=O) groups excluding carboxylic acids is 1. The molecule has 0 radical (unpaired) electrons. The summed E-state index contributed by atoms with van der Waals surface area (Å²) in [5, 5.41) is 3.18. The molecule has 0 fully saturated rings. The molecule has 0 aliphatic carbocycles. The summed E-state index contributed by atoms with van der Waals surface area (Å²) in [5.74, 6) is 0.715. The first-order chi connectivity index (χ1) is 14.5. The summed E-state index contributed by atoms with van der Waals surface area (Å²) in [5.41, 5.74) is 2.98. The van der Waals surface area contributed by atoms with Gasteiger partial charge in [-0.1, -0.05) is 27.5 Å². The number of amides is 1. The van der Waals surface area contributed by atoms with Gasteiger partial charge in [0.15, 0.2) is 11.2 Å². The molecule has 2 aromatic carbocycles. The Labute approximate surface area is 185 Å². The SMILES string of the molecule is COc1ccc(Br)cc1C=CC(=O)Nc1cc(-c2nc3ncccc3o2)ccc1Cl. The van der Waals surface area contributed by atoms with E-state index in [1.165, 1.54) is 6.08 Å². The number of methoxy groups -OCH3 is 1. The second-order valence-corrected chi connectivity index (χ2v) is 7.57. The maximum atomic E-state index is 12.5. The third kappa shape index (κ3) is 4.37. The highest BCUT2D eigenvalue weighted by Gasteiger charge is 2.12. The standard InChI is InChI=1S/C22H15BrClN3O3/c1-29-18-8-6-15(23)11-13(18)5-9-20(28)26-17-12-14(4-7-16(17)24)22-27-21-19(30-22)3-2-10-25-21/h2-12H,1H3,(H,26,28). The van der Waals surface area contributed by atoms with Crippen molar-refractivity contribution in [3.05, 3.63) is 75.9 Å². The molecule has 8 heteroatoms. The molecule has 4 rings (SSSR count). The highest BCUT2D eigenvalue weighted by molar-refractivity contribution is 9.10. The zero-order chi connectivity index (χ0) is 21.1. The number of hydrogen-bond acceptors (Lipinski definition) is 5. The number of nitrogens with zero attached hydrogens (tertiary/aromatic N) is 2. The summed E-state index contributed by atoms with van der Waals surface area (Å²) in [6, 6.07) is 14.3. The number of pyridine rings is 1. The van der Waals surface area contributed by atoms with Crippen molar-refractivity contribution in [3.8, 4) is 17.2 Å². The van der Waals surface area contributed by atoms with Gasteiger partial charge in [-0.15, -0.1) is 0 Å². The van der Waals surface area contributed by atoms with Gasteiger partial charge in [0.1, 0.15) is 5.75 Å². The van der Waals surface area contributed by atoms with Crippen LogP contribution in [0.2, 0.25) is 5.02 Å². The van der Waals surface area contributed by atoms with Crippen LogP contribution in [0.3, 0.4) is 0 Å². The maximum absolute atomic E-state index is 12.5. The molecule has 1 amide bonds.